The minimum Gasteiger partial charge on any atom is -0.588 e. The fourth-order valence-electron chi connectivity index (χ4n) is 2.52. The number of halogens is 2. The number of hydrogen-bond acceptors (Lipinski definition) is 5. The van der Waals surface area contributed by atoms with E-state index in [4.69, 9.17) is 27.9 Å². The summed E-state index contributed by atoms with van der Waals surface area (Å²) in [5, 5.41) is 0.907. The highest BCUT2D eigenvalue weighted by molar-refractivity contribution is 7.93. The van der Waals surface area contributed by atoms with E-state index >= 15 is 0 Å². The first-order valence-electron chi connectivity index (χ1n) is 7.34. The first-order valence-corrected chi connectivity index (χ1v) is 9.21. The van der Waals surface area contributed by atoms with Gasteiger partial charge in [-0.3, -0.25) is 0 Å². The van der Waals surface area contributed by atoms with Crippen LogP contribution in [0.15, 0.2) is 59.6 Å². The van der Waals surface area contributed by atoms with E-state index in [-0.39, 0.29) is 6.01 Å². The van der Waals surface area contributed by atoms with Crippen molar-refractivity contribution in [1.29, 1.82) is 0 Å². The zero-order valence-electron chi connectivity index (χ0n) is 12.7. The molecule has 1 atom stereocenters. The van der Waals surface area contributed by atoms with Crippen LogP contribution in [0, 0.1) is 0 Å². The Balaban J connectivity index is 1.60. The first-order chi connectivity index (χ1) is 12.1. The molecule has 2 heterocycles. The van der Waals surface area contributed by atoms with Gasteiger partial charge < -0.3 is 9.29 Å². The van der Waals surface area contributed by atoms with Gasteiger partial charge in [-0.15, -0.1) is 0 Å². The quantitative estimate of drug-likeness (QED) is 0.609. The highest BCUT2D eigenvalue weighted by Gasteiger charge is 2.35. The van der Waals surface area contributed by atoms with Crippen LogP contribution in [0.3, 0.4) is 0 Å². The molecule has 0 aliphatic carbocycles. The van der Waals surface area contributed by atoms with Crippen molar-refractivity contribution in [3.05, 3.63) is 70.3 Å². The number of fused-ring (bicyclic) bond motifs is 1. The zero-order chi connectivity index (χ0) is 17.4. The third-order valence-corrected chi connectivity index (χ3v) is 5.52. The molecule has 126 valence electrons. The van der Waals surface area contributed by atoms with Crippen LogP contribution in [-0.4, -0.2) is 14.5 Å². The maximum atomic E-state index is 12.7. The molecule has 0 amide bonds. The van der Waals surface area contributed by atoms with Crippen LogP contribution in [0.2, 0.25) is 10.0 Å². The van der Waals surface area contributed by atoms with Crippen LogP contribution in [0.25, 0.3) is 0 Å². The van der Waals surface area contributed by atoms with Crippen LogP contribution in [0.4, 0.5) is 5.82 Å². The molecule has 0 fully saturated rings. The topological polar surface area (TPSA) is 61.3 Å². The molecule has 3 aromatic rings. The fourth-order valence-corrected chi connectivity index (χ4v) is 4.34. The van der Waals surface area contributed by atoms with E-state index in [2.05, 4.69) is 9.97 Å². The predicted octanol–water partition coefficient (Wildman–Crippen LogP) is 4.62. The highest BCUT2D eigenvalue weighted by atomic mass is 35.5. The van der Waals surface area contributed by atoms with E-state index < -0.39 is 11.4 Å². The molecule has 0 bridgehead atoms. The normalized spacial score (nSPS) is 16.0. The van der Waals surface area contributed by atoms with Gasteiger partial charge in [0.15, 0.2) is 10.7 Å². The van der Waals surface area contributed by atoms with Gasteiger partial charge in [0, 0.05) is 27.9 Å². The molecule has 1 aliphatic rings. The summed E-state index contributed by atoms with van der Waals surface area (Å²) in [6.45, 7) is 0.516. The molecule has 0 radical (unpaired) electrons. The second-order valence-corrected chi connectivity index (χ2v) is 7.55. The smallest absolute Gasteiger partial charge is 0.324 e. The summed E-state index contributed by atoms with van der Waals surface area (Å²) in [7, 11) is 0. The van der Waals surface area contributed by atoms with Gasteiger partial charge in [-0.1, -0.05) is 41.4 Å². The molecule has 1 aliphatic heterocycles. The van der Waals surface area contributed by atoms with Crippen molar-refractivity contribution in [2.45, 2.75) is 11.4 Å². The average Bonchev–Trinajstić information content (AvgIpc) is 2.92. The van der Waals surface area contributed by atoms with Crippen LogP contribution in [-0.2, 0) is 17.9 Å². The van der Waals surface area contributed by atoms with E-state index in [0.29, 0.717) is 28.2 Å². The molecule has 1 aromatic heterocycles. The number of aromatic nitrogens is 2. The number of anilines is 1. The van der Waals surface area contributed by atoms with Crippen molar-refractivity contribution < 1.29 is 9.29 Å². The molecule has 2 aromatic carbocycles. The van der Waals surface area contributed by atoms with Gasteiger partial charge in [-0.05, 0) is 24.3 Å². The monoisotopic (exact) mass is 391 g/mol. The lowest BCUT2D eigenvalue weighted by Crippen LogP contribution is -2.24. The average molecular weight is 392 g/mol. The maximum absolute atomic E-state index is 12.7. The Bertz CT molecular complexity index is 921. The van der Waals surface area contributed by atoms with Gasteiger partial charge in [0.2, 0.25) is 0 Å². The molecule has 8 heteroatoms. The second kappa shape index (κ2) is 6.72. The standard InChI is InChI=1S/C17H11Cl2N3O2S/c18-12-7-13(19)9-14(8-12)24-17-20-6-5-16(21-17)22-10-11-3-1-2-4-15(11)25(22)23/h1-9H,10H2. The summed E-state index contributed by atoms with van der Waals surface area (Å²) in [4.78, 5) is 9.25. The number of ether oxygens (including phenoxy) is 1. The summed E-state index contributed by atoms with van der Waals surface area (Å²) < 4.78 is 20.0. The van der Waals surface area contributed by atoms with Crippen LogP contribution in [0.1, 0.15) is 5.56 Å². The molecule has 0 saturated carbocycles. The van der Waals surface area contributed by atoms with Gasteiger partial charge >= 0.3 is 6.01 Å². The van der Waals surface area contributed by atoms with Gasteiger partial charge in [0.05, 0.1) is 6.54 Å². The van der Waals surface area contributed by atoms with Crippen LogP contribution in [0.5, 0.6) is 11.8 Å². The Labute approximate surface area is 157 Å². The number of rotatable bonds is 3. The van der Waals surface area contributed by atoms with E-state index in [1.807, 2.05) is 24.3 Å². The minimum absolute atomic E-state index is 0.129. The van der Waals surface area contributed by atoms with Crippen LogP contribution >= 0.6 is 23.2 Å². The van der Waals surface area contributed by atoms with Gasteiger partial charge in [-0.25, -0.2) is 4.98 Å². The Hall–Kier alpha value is -1.99. The van der Waals surface area contributed by atoms with Gasteiger partial charge in [0.1, 0.15) is 17.1 Å². The number of benzene rings is 2. The summed E-state index contributed by atoms with van der Waals surface area (Å²) in [6.07, 6.45) is 1.56. The Kier molecular flexibility index (Phi) is 4.43. The first kappa shape index (κ1) is 16.5. The van der Waals surface area contributed by atoms with Gasteiger partial charge in [0.25, 0.3) is 0 Å². The van der Waals surface area contributed by atoms with E-state index in [1.165, 1.54) is 0 Å². The summed E-state index contributed by atoms with van der Waals surface area (Å²) in [5.41, 5.74) is 1.02. The molecule has 0 spiro atoms. The maximum Gasteiger partial charge on any atom is 0.324 e. The Morgan fingerprint density at radius 3 is 2.60 bits per heavy atom. The third kappa shape index (κ3) is 3.39. The van der Waals surface area contributed by atoms with Crippen molar-refractivity contribution in [3.8, 4) is 11.8 Å². The van der Waals surface area contributed by atoms with E-state index in [9.17, 15) is 4.55 Å². The molecular weight excluding hydrogens is 381 g/mol. The van der Waals surface area contributed by atoms with Gasteiger partial charge in [-0.2, -0.15) is 9.29 Å². The molecule has 0 N–H and O–H groups in total. The molecular formula is C17H11Cl2N3O2S. The predicted molar refractivity (Wildman–Crippen MR) is 97.6 cm³/mol. The third-order valence-electron chi connectivity index (χ3n) is 3.59. The molecule has 5 nitrogen and oxygen atoms in total. The Morgan fingerprint density at radius 1 is 1.08 bits per heavy atom. The number of hydrogen-bond donors (Lipinski definition) is 0. The Morgan fingerprint density at radius 2 is 1.84 bits per heavy atom. The highest BCUT2D eigenvalue weighted by Crippen LogP contribution is 2.34. The van der Waals surface area contributed by atoms with Crippen molar-refractivity contribution in [1.82, 2.24) is 9.97 Å². The summed E-state index contributed by atoms with van der Waals surface area (Å²) in [6, 6.07) is 14.3. The molecule has 1 unspecified atom stereocenters. The van der Waals surface area contributed by atoms with E-state index in [1.54, 1.807) is 34.8 Å². The lowest BCUT2D eigenvalue weighted by Gasteiger charge is -2.17. The van der Waals surface area contributed by atoms with Crippen molar-refractivity contribution >= 4 is 40.4 Å². The number of nitrogens with zero attached hydrogens (tertiary/aromatic N) is 3. The van der Waals surface area contributed by atoms with E-state index in [0.717, 1.165) is 10.5 Å². The summed E-state index contributed by atoms with van der Waals surface area (Å²) >= 11 is 10.6. The molecule has 25 heavy (non-hydrogen) atoms. The fraction of sp³-hybridized carbons (Fsp3) is 0.0588. The second-order valence-electron chi connectivity index (χ2n) is 5.30. The molecule has 4 rings (SSSR count). The SMILES string of the molecule is [O-][S+]1c2ccccc2CN1c1ccnc(Oc2cc(Cl)cc(Cl)c2)n1. The van der Waals surface area contributed by atoms with Crippen molar-refractivity contribution in [2.75, 3.05) is 4.31 Å². The minimum atomic E-state index is -1.30. The van der Waals surface area contributed by atoms with Crippen molar-refractivity contribution in [3.63, 3.8) is 0 Å². The molecule has 0 saturated heterocycles. The summed E-state index contributed by atoms with van der Waals surface area (Å²) in [5.74, 6) is 0.952. The van der Waals surface area contributed by atoms with Crippen LogP contribution < -0.4 is 9.04 Å². The lowest BCUT2D eigenvalue weighted by molar-refractivity contribution is 0.442. The lowest BCUT2D eigenvalue weighted by atomic mass is 10.2. The van der Waals surface area contributed by atoms with Crippen molar-refractivity contribution in [2.24, 2.45) is 0 Å². The zero-order valence-corrected chi connectivity index (χ0v) is 15.1. The largest absolute Gasteiger partial charge is 0.588 e.